The number of halogens is 1. The van der Waals surface area contributed by atoms with Gasteiger partial charge in [0, 0.05) is 0 Å². The molecule has 0 aliphatic heterocycles. The van der Waals surface area contributed by atoms with Crippen LogP contribution in [0.15, 0.2) is 12.1 Å². The smallest absolute Gasteiger partial charge is 0.338 e. The van der Waals surface area contributed by atoms with Crippen LogP contribution in [0.4, 0.5) is 21.0 Å². The van der Waals surface area contributed by atoms with E-state index >= 15 is 0 Å². The van der Waals surface area contributed by atoms with E-state index in [4.69, 9.17) is 39.5 Å². The Balaban J connectivity index is 3.41. The van der Waals surface area contributed by atoms with E-state index in [2.05, 4.69) is 0 Å². The summed E-state index contributed by atoms with van der Waals surface area (Å²) in [4.78, 5) is 34.7. The Morgan fingerprint density at radius 1 is 1.08 bits per heavy atom. The number of hydrazine groups is 2. The van der Waals surface area contributed by atoms with Crippen LogP contribution in [0, 0.1) is 5.92 Å². The fourth-order valence-electron chi connectivity index (χ4n) is 1.63. The number of carbonyl (C=O) groups is 3. The number of nitrogens with zero attached hydrogens (tertiary/aromatic N) is 2. The quantitative estimate of drug-likeness (QED) is 0.260. The molecular formula is C13H19ClN6O4. The van der Waals surface area contributed by atoms with Gasteiger partial charge in [-0.3, -0.25) is 0 Å². The van der Waals surface area contributed by atoms with Crippen molar-refractivity contribution in [3.05, 3.63) is 22.7 Å². The standard InChI is InChI=1S/C13H19ClN6O4/c1-6(2)5-24-11(21)7-3-8(19(17)12(15)22)10(14)9(4-7)20(18)13(16)23/h3-4,6H,5,17-18H2,1-2H3,(H2,15,22)(H2,16,23). The van der Waals surface area contributed by atoms with E-state index in [0.29, 0.717) is 10.0 Å². The highest BCUT2D eigenvalue weighted by atomic mass is 35.5. The van der Waals surface area contributed by atoms with E-state index in [0.717, 1.165) is 0 Å². The molecule has 1 aromatic rings. The summed E-state index contributed by atoms with van der Waals surface area (Å²) in [6.07, 6.45) is 0. The van der Waals surface area contributed by atoms with Gasteiger partial charge in [0.25, 0.3) is 0 Å². The Labute approximate surface area is 143 Å². The number of rotatable bonds is 5. The molecule has 0 aliphatic carbocycles. The topological polar surface area (TPSA) is 171 Å². The first-order valence-electron chi connectivity index (χ1n) is 6.75. The third kappa shape index (κ3) is 4.47. The summed E-state index contributed by atoms with van der Waals surface area (Å²) in [5.74, 6) is 10.4. The van der Waals surface area contributed by atoms with Crippen LogP contribution < -0.4 is 33.2 Å². The van der Waals surface area contributed by atoms with E-state index in [9.17, 15) is 14.4 Å². The zero-order valence-corrected chi connectivity index (χ0v) is 13.9. The molecule has 0 fully saturated rings. The molecule has 0 spiro atoms. The summed E-state index contributed by atoms with van der Waals surface area (Å²) < 4.78 is 5.09. The van der Waals surface area contributed by atoms with Crippen molar-refractivity contribution >= 4 is 41.0 Å². The molecule has 0 atom stereocenters. The summed E-state index contributed by atoms with van der Waals surface area (Å²) >= 11 is 6.08. The third-order valence-corrected chi connectivity index (χ3v) is 3.20. The molecule has 1 aromatic carbocycles. The molecule has 11 heteroatoms. The number of esters is 1. The van der Waals surface area contributed by atoms with Crippen LogP contribution in [-0.4, -0.2) is 24.6 Å². The summed E-state index contributed by atoms with van der Waals surface area (Å²) in [7, 11) is 0. The van der Waals surface area contributed by atoms with E-state index < -0.39 is 18.0 Å². The van der Waals surface area contributed by atoms with E-state index in [1.165, 1.54) is 12.1 Å². The largest absolute Gasteiger partial charge is 0.462 e. The first-order valence-corrected chi connectivity index (χ1v) is 7.13. The Morgan fingerprint density at radius 2 is 1.50 bits per heavy atom. The van der Waals surface area contributed by atoms with E-state index in [1.807, 2.05) is 13.8 Å². The number of hydrogen-bond acceptors (Lipinski definition) is 6. The molecule has 0 bridgehead atoms. The first-order chi connectivity index (χ1) is 11.1. The molecular weight excluding hydrogens is 340 g/mol. The number of anilines is 2. The molecule has 4 amide bonds. The monoisotopic (exact) mass is 358 g/mol. The maximum Gasteiger partial charge on any atom is 0.338 e. The van der Waals surface area contributed by atoms with Crippen molar-refractivity contribution < 1.29 is 19.1 Å². The summed E-state index contributed by atoms with van der Waals surface area (Å²) in [6, 6.07) is 0.290. The van der Waals surface area contributed by atoms with Crippen LogP contribution in [0.3, 0.4) is 0 Å². The van der Waals surface area contributed by atoms with Crippen molar-refractivity contribution in [3.8, 4) is 0 Å². The summed E-state index contributed by atoms with van der Waals surface area (Å²) in [5.41, 5.74) is 9.87. The molecule has 0 saturated heterocycles. The third-order valence-electron chi connectivity index (χ3n) is 2.81. The van der Waals surface area contributed by atoms with Crippen LogP contribution in [0.25, 0.3) is 0 Å². The van der Waals surface area contributed by atoms with Gasteiger partial charge in [-0.05, 0) is 18.1 Å². The Hall–Kier alpha value is -2.56. The maximum absolute atomic E-state index is 12.1. The molecule has 0 saturated carbocycles. The molecule has 24 heavy (non-hydrogen) atoms. The fourth-order valence-corrected chi connectivity index (χ4v) is 1.92. The number of ether oxygens (including phenoxy) is 1. The fraction of sp³-hybridized carbons (Fsp3) is 0.308. The zero-order chi connectivity index (χ0) is 18.6. The predicted octanol–water partition coefficient (Wildman–Crippen LogP) is 0.670. The number of hydrogen-bond donors (Lipinski definition) is 4. The first kappa shape index (κ1) is 19.5. The number of carbonyl (C=O) groups excluding carboxylic acids is 3. The van der Waals surface area contributed by atoms with Crippen molar-refractivity contribution in [2.45, 2.75) is 13.8 Å². The highest BCUT2D eigenvalue weighted by molar-refractivity contribution is 6.37. The van der Waals surface area contributed by atoms with Crippen LogP contribution in [-0.2, 0) is 4.74 Å². The van der Waals surface area contributed by atoms with Gasteiger partial charge in [-0.15, -0.1) is 0 Å². The van der Waals surface area contributed by atoms with Crippen LogP contribution in [0.1, 0.15) is 24.2 Å². The lowest BCUT2D eigenvalue weighted by molar-refractivity contribution is 0.0459. The second-order valence-corrected chi connectivity index (χ2v) is 5.62. The predicted molar refractivity (Wildman–Crippen MR) is 89.1 cm³/mol. The number of benzene rings is 1. The van der Waals surface area contributed by atoms with Crippen molar-refractivity contribution in [1.29, 1.82) is 0 Å². The Morgan fingerprint density at radius 3 is 1.83 bits per heavy atom. The number of primary amides is 2. The molecule has 0 unspecified atom stereocenters. The molecule has 0 aromatic heterocycles. The Kier molecular flexibility index (Phi) is 6.35. The SMILES string of the molecule is CC(C)COC(=O)c1cc(N(N)C(N)=O)c(Cl)c(N(N)C(N)=O)c1. The number of urea groups is 2. The molecule has 10 nitrogen and oxygen atoms in total. The minimum atomic E-state index is -1.04. The molecule has 1 rings (SSSR count). The number of amides is 4. The maximum atomic E-state index is 12.1. The van der Waals surface area contributed by atoms with Gasteiger partial charge in [0.1, 0.15) is 0 Å². The van der Waals surface area contributed by atoms with Gasteiger partial charge >= 0.3 is 18.0 Å². The molecule has 0 aliphatic rings. The lowest BCUT2D eigenvalue weighted by Crippen LogP contribution is -2.44. The van der Waals surface area contributed by atoms with Gasteiger partial charge in [0.15, 0.2) is 0 Å². The minimum Gasteiger partial charge on any atom is -0.462 e. The van der Waals surface area contributed by atoms with E-state index in [1.54, 1.807) is 0 Å². The van der Waals surface area contributed by atoms with Crippen LogP contribution in [0.5, 0.6) is 0 Å². The van der Waals surface area contributed by atoms with Crippen LogP contribution in [0.2, 0.25) is 5.02 Å². The summed E-state index contributed by atoms with van der Waals surface area (Å²) in [6.45, 7) is 3.88. The van der Waals surface area contributed by atoms with Crippen molar-refractivity contribution in [3.63, 3.8) is 0 Å². The molecule has 132 valence electrons. The molecule has 8 N–H and O–H groups in total. The average molecular weight is 359 g/mol. The molecule has 0 heterocycles. The van der Waals surface area contributed by atoms with E-state index in [-0.39, 0.29) is 34.5 Å². The van der Waals surface area contributed by atoms with Gasteiger partial charge < -0.3 is 16.2 Å². The van der Waals surface area contributed by atoms with Gasteiger partial charge in [0.2, 0.25) is 0 Å². The number of nitrogens with two attached hydrogens (primary N) is 4. The minimum absolute atomic E-state index is 0.0431. The normalized spacial score (nSPS) is 10.4. The summed E-state index contributed by atoms with van der Waals surface area (Å²) in [5, 5.41) is 0.803. The van der Waals surface area contributed by atoms with Crippen LogP contribution >= 0.6 is 11.6 Å². The van der Waals surface area contributed by atoms with Crippen molar-refractivity contribution in [1.82, 2.24) is 0 Å². The molecule has 0 radical (unpaired) electrons. The van der Waals surface area contributed by atoms with Crippen molar-refractivity contribution in [2.75, 3.05) is 16.6 Å². The zero-order valence-electron chi connectivity index (χ0n) is 13.2. The second kappa shape index (κ2) is 7.81. The van der Waals surface area contributed by atoms with Gasteiger partial charge in [-0.1, -0.05) is 25.4 Å². The highest BCUT2D eigenvalue weighted by Gasteiger charge is 2.23. The lowest BCUT2D eigenvalue weighted by Gasteiger charge is -2.22. The van der Waals surface area contributed by atoms with Gasteiger partial charge in [-0.2, -0.15) is 0 Å². The van der Waals surface area contributed by atoms with Gasteiger partial charge in [0.05, 0.1) is 28.6 Å². The highest BCUT2D eigenvalue weighted by Crippen LogP contribution is 2.35. The van der Waals surface area contributed by atoms with Gasteiger partial charge in [-0.25, -0.2) is 36.1 Å². The average Bonchev–Trinajstić information content (AvgIpc) is 2.51. The Bertz CT molecular complexity index is 625. The van der Waals surface area contributed by atoms with Crippen molar-refractivity contribution in [2.24, 2.45) is 29.1 Å². The second-order valence-electron chi connectivity index (χ2n) is 5.24. The lowest BCUT2D eigenvalue weighted by atomic mass is 10.1.